The van der Waals surface area contributed by atoms with Gasteiger partial charge in [0.1, 0.15) is 11.5 Å². The molecule has 0 aromatic heterocycles. The fourth-order valence-electron chi connectivity index (χ4n) is 2.31. The zero-order valence-electron chi connectivity index (χ0n) is 14.5. The first-order chi connectivity index (χ1) is 9.89. The van der Waals surface area contributed by atoms with Crippen LogP contribution in [-0.2, 0) is 0 Å². The summed E-state index contributed by atoms with van der Waals surface area (Å²) in [5.41, 5.74) is 1.58. The van der Waals surface area contributed by atoms with Crippen molar-refractivity contribution in [2.45, 2.75) is 53.0 Å². The highest BCUT2D eigenvalue weighted by Gasteiger charge is 2.17. The Bertz CT molecular complexity index is 401. The summed E-state index contributed by atoms with van der Waals surface area (Å²) >= 11 is 0. The molecule has 120 valence electrons. The van der Waals surface area contributed by atoms with E-state index in [1.165, 1.54) is 12.0 Å². The zero-order chi connectivity index (χ0) is 15.9. The summed E-state index contributed by atoms with van der Waals surface area (Å²) in [6.07, 6.45) is 3.42. The molecule has 1 aromatic carbocycles. The molecule has 0 saturated heterocycles. The van der Waals surface area contributed by atoms with Crippen LogP contribution in [-0.4, -0.2) is 20.8 Å². The first-order valence-electron chi connectivity index (χ1n) is 7.86. The molecule has 0 aliphatic rings. The standard InChI is InChI=1S/C18H31NO2/c1-7-10-19-17(8-9-18(2,3)4)14-11-15(20-5)13-16(12-14)21-6/h11-13,17,19H,7-10H2,1-6H3. The van der Waals surface area contributed by atoms with E-state index in [2.05, 4.69) is 45.1 Å². The molecule has 0 aliphatic carbocycles. The Morgan fingerprint density at radius 3 is 2.05 bits per heavy atom. The van der Waals surface area contributed by atoms with Crippen LogP contribution in [0, 0.1) is 5.41 Å². The van der Waals surface area contributed by atoms with E-state index in [1.54, 1.807) is 14.2 Å². The average Bonchev–Trinajstić information content (AvgIpc) is 2.45. The lowest BCUT2D eigenvalue weighted by Gasteiger charge is -2.25. The Morgan fingerprint density at radius 1 is 1.05 bits per heavy atom. The molecule has 0 bridgehead atoms. The fourth-order valence-corrected chi connectivity index (χ4v) is 2.31. The van der Waals surface area contributed by atoms with Gasteiger partial charge in [-0.1, -0.05) is 27.7 Å². The lowest BCUT2D eigenvalue weighted by atomic mass is 9.87. The molecule has 0 amide bonds. The third kappa shape index (κ3) is 6.38. The highest BCUT2D eigenvalue weighted by atomic mass is 16.5. The van der Waals surface area contributed by atoms with Crippen molar-refractivity contribution in [1.29, 1.82) is 0 Å². The Labute approximate surface area is 130 Å². The third-order valence-corrected chi connectivity index (χ3v) is 3.60. The minimum atomic E-state index is 0.341. The molecule has 1 aromatic rings. The first-order valence-corrected chi connectivity index (χ1v) is 7.86. The maximum absolute atomic E-state index is 5.39. The van der Waals surface area contributed by atoms with Crippen molar-refractivity contribution in [3.8, 4) is 11.5 Å². The first kappa shape index (κ1) is 17.8. The van der Waals surface area contributed by atoms with Crippen molar-refractivity contribution in [3.05, 3.63) is 23.8 Å². The van der Waals surface area contributed by atoms with E-state index < -0.39 is 0 Å². The third-order valence-electron chi connectivity index (χ3n) is 3.60. The number of hydrogen-bond acceptors (Lipinski definition) is 3. The Balaban J connectivity index is 2.95. The molecule has 3 nitrogen and oxygen atoms in total. The maximum atomic E-state index is 5.39. The molecule has 0 spiro atoms. The molecular weight excluding hydrogens is 262 g/mol. The van der Waals surface area contributed by atoms with Crippen LogP contribution in [0.5, 0.6) is 11.5 Å². The number of benzene rings is 1. The minimum absolute atomic E-state index is 0.341. The topological polar surface area (TPSA) is 30.5 Å². The lowest BCUT2D eigenvalue weighted by molar-refractivity contribution is 0.330. The largest absolute Gasteiger partial charge is 0.497 e. The second kappa shape index (κ2) is 8.28. The van der Waals surface area contributed by atoms with E-state index in [0.29, 0.717) is 11.5 Å². The van der Waals surface area contributed by atoms with Crippen LogP contribution in [0.15, 0.2) is 18.2 Å². The van der Waals surface area contributed by atoms with Crippen molar-refractivity contribution < 1.29 is 9.47 Å². The molecule has 3 heteroatoms. The minimum Gasteiger partial charge on any atom is -0.497 e. The summed E-state index contributed by atoms with van der Waals surface area (Å²) in [6, 6.07) is 6.48. The highest BCUT2D eigenvalue weighted by molar-refractivity contribution is 5.39. The summed E-state index contributed by atoms with van der Waals surface area (Å²) in [5.74, 6) is 1.70. The predicted octanol–water partition coefficient (Wildman–Crippen LogP) is 4.57. The van der Waals surface area contributed by atoms with Gasteiger partial charge in [-0.05, 0) is 48.9 Å². The number of ether oxygens (including phenoxy) is 2. The van der Waals surface area contributed by atoms with E-state index >= 15 is 0 Å². The van der Waals surface area contributed by atoms with Crippen LogP contribution in [0.1, 0.15) is 58.6 Å². The van der Waals surface area contributed by atoms with Gasteiger partial charge in [-0.15, -0.1) is 0 Å². The second-order valence-corrected chi connectivity index (χ2v) is 6.75. The van der Waals surface area contributed by atoms with Gasteiger partial charge >= 0.3 is 0 Å². The van der Waals surface area contributed by atoms with Crippen molar-refractivity contribution in [2.75, 3.05) is 20.8 Å². The van der Waals surface area contributed by atoms with E-state index in [-0.39, 0.29) is 0 Å². The van der Waals surface area contributed by atoms with Crippen molar-refractivity contribution in [2.24, 2.45) is 5.41 Å². The van der Waals surface area contributed by atoms with Crippen LogP contribution in [0.4, 0.5) is 0 Å². The molecule has 1 unspecified atom stereocenters. The maximum Gasteiger partial charge on any atom is 0.122 e. The summed E-state index contributed by atoms with van der Waals surface area (Å²) < 4.78 is 10.8. The Morgan fingerprint density at radius 2 is 1.62 bits per heavy atom. The molecule has 0 aliphatic heterocycles. The summed E-state index contributed by atoms with van der Waals surface area (Å²) in [5, 5.41) is 3.65. The van der Waals surface area contributed by atoms with Crippen molar-refractivity contribution >= 4 is 0 Å². The van der Waals surface area contributed by atoms with Gasteiger partial charge in [0.05, 0.1) is 14.2 Å². The quantitative estimate of drug-likeness (QED) is 0.761. The monoisotopic (exact) mass is 293 g/mol. The van der Waals surface area contributed by atoms with E-state index in [1.807, 2.05) is 6.07 Å². The molecule has 0 saturated carbocycles. The lowest BCUT2D eigenvalue weighted by Crippen LogP contribution is -2.23. The molecule has 1 rings (SSSR count). The molecule has 1 N–H and O–H groups in total. The predicted molar refractivity (Wildman–Crippen MR) is 89.3 cm³/mol. The van der Waals surface area contributed by atoms with Crippen LogP contribution >= 0.6 is 0 Å². The van der Waals surface area contributed by atoms with Gasteiger partial charge in [-0.2, -0.15) is 0 Å². The summed E-state index contributed by atoms with van der Waals surface area (Å²) in [4.78, 5) is 0. The van der Waals surface area contributed by atoms with E-state index in [4.69, 9.17) is 9.47 Å². The van der Waals surface area contributed by atoms with Gasteiger partial charge in [-0.25, -0.2) is 0 Å². The van der Waals surface area contributed by atoms with Gasteiger partial charge in [0.15, 0.2) is 0 Å². The number of hydrogen-bond donors (Lipinski definition) is 1. The van der Waals surface area contributed by atoms with Gasteiger partial charge in [0, 0.05) is 12.1 Å². The summed E-state index contributed by atoms with van der Waals surface area (Å²) in [7, 11) is 3.39. The fraction of sp³-hybridized carbons (Fsp3) is 0.667. The van der Waals surface area contributed by atoms with E-state index in [9.17, 15) is 0 Å². The molecular formula is C18H31NO2. The second-order valence-electron chi connectivity index (χ2n) is 6.75. The zero-order valence-corrected chi connectivity index (χ0v) is 14.5. The highest BCUT2D eigenvalue weighted by Crippen LogP contribution is 2.31. The molecule has 0 heterocycles. The number of rotatable bonds is 8. The van der Waals surface area contributed by atoms with Gasteiger partial charge in [0.25, 0.3) is 0 Å². The SMILES string of the molecule is CCCNC(CCC(C)(C)C)c1cc(OC)cc(OC)c1. The molecule has 0 fully saturated rings. The van der Waals surface area contributed by atoms with Gasteiger partial charge in [0.2, 0.25) is 0 Å². The number of nitrogens with one attached hydrogen (secondary N) is 1. The van der Waals surface area contributed by atoms with Gasteiger partial charge in [-0.3, -0.25) is 0 Å². The van der Waals surface area contributed by atoms with Crippen LogP contribution < -0.4 is 14.8 Å². The Kier molecular flexibility index (Phi) is 7.03. The van der Waals surface area contributed by atoms with Crippen molar-refractivity contribution in [3.63, 3.8) is 0 Å². The smallest absolute Gasteiger partial charge is 0.122 e. The van der Waals surface area contributed by atoms with Crippen LogP contribution in [0.2, 0.25) is 0 Å². The van der Waals surface area contributed by atoms with Gasteiger partial charge < -0.3 is 14.8 Å². The summed E-state index contributed by atoms with van der Waals surface area (Å²) in [6.45, 7) is 10.1. The van der Waals surface area contributed by atoms with Crippen LogP contribution in [0.3, 0.4) is 0 Å². The molecule has 1 atom stereocenters. The number of methoxy groups -OCH3 is 2. The molecule has 0 radical (unpaired) electrons. The van der Waals surface area contributed by atoms with E-state index in [0.717, 1.165) is 30.9 Å². The van der Waals surface area contributed by atoms with Crippen molar-refractivity contribution in [1.82, 2.24) is 5.32 Å². The normalized spacial score (nSPS) is 13.0. The molecule has 21 heavy (non-hydrogen) atoms. The Hall–Kier alpha value is -1.22. The van der Waals surface area contributed by atoms with Crippen LogP contribution in [0.25, 0.3) is 0 Å². The average molecular weight is 293 g/mol.